The maximum Gasteiger partial charge on any atom is 0.237 e. The Hall–Kier alpha value is -0.610. The van der Waals surface area contributed by atoms with Crippen LogP contribution in [-0.2, 0) is 4.79 Å². The molecule has 2 fully saturated rings. The van der Waals surface area contributed by atoms with Crippen LogP contribution in [0.4, 0.5) is 0 Å². The molecule has 4 heteroatoms. The summed E-state index contributed by atoms with van der Waals surface area (Å²) in [5.74, 6) is 0.242. The fourth-order valence-corrected chi connectivity index (χ4v) is 3.51. The Bertz CT molecular complexity index is 306. The van der Waals surface area contributed by atoms with Gasteiger partial charge in [-0.05, 0) is 66.1 Å². The molecule has 2 aliphatic heterocycles. The number of nitrogens with zero attached hydrogens (tertiary/aromatic N) is 2. The van der Waals surface area contributed by atoms with E-state index in [1.54, 1.807) is 0 Å². The lowest BCUT2D eigenvalue weighted by Gasteiger charge is -2.27. The monoisotopic (exact) mass is 267 g/mol. The summed E-state index contributed by atoms with van der Waals surface area (Å²) in [6.45, 7) is 7.47. The molecule has 2 saturated heterocycles. The first-order valence-electron chi connectivity index (χ1n) is 7.83. The second kappa shape index (κ2) is 6.71. The smallest absolute Gasteiger partial charge is 0.237 e. The molecule has 1 amide bonds. The van der Waals surface area contributed by atoms with Gasteiger partial charge in [0.05, 0.1) is 6.04 Å². The van der Waals surface area contributed by atoms with E-state index in [9.17, 15) is 4.79 Å². The first kappa shape index (κ1) is 14.8. The highest BCUT2D eigenvalue weighted by Gasteiger charge is 2.32. The minimum atomic E-state index is 0.112. The molecule has 4 nitrogen and oxygen atoms in total. The lowest BCUT2D eigenvalue weighted by Crippen LogP contribution is -2.46. The van der Waals surface area contributed by atoms with Gasteiger partial charge in [0.1, 0.15) is 0 Å². The second-order valence-electron chi connectivity index (χ2n) is 6.35. The van der Waals surface area contributed by atoms with Crippen molar-refractivity contribution in [1.82, 2.24) is 15.1 Å². The first-order valence-corrected chi connectivity index (χ1v) is 7.83. The fourth-order valence-electron chi connectivity index (χ4n) is 3.51. The van der Waals surface area contributed by atoms with Crippen molar-refractivity contribution in [1.29, 1.82) is 0 Å². The van der Waals surface area contributed by atoms with Crippen LogP contribution in [0.15, 0.2) is 0 Å². The van der Waals surface area contributed by atoms with Gasteiger partial charge in [-0.1, -0.05) is 0 Å². The number of rotatable bonds is 5. The molecular formula is C15H29N3O. The Morgan fingerprint density at radius 2 is 2.00 bits per heavy atom. The third-order valence-electron chi connectivity index (χ3n) is 4.71. The van der Waals surface area contributed by atoms with Crippen molar-refractivity contribution in [3.05, 3.63) is 0 Å². The number of hydrogen-bond acceptors (Lipinski definition) is 3. The number of carbonyl (C=O) groups is 1. The average Bonchev–Trinajstić information content (AvgIpc) is 2.98. The molecule has 110 valence electrons. The third kappa shape index (κ3) is 3.69. The summed E-state index contributed by atoms with van der Waals surface area (Å²) in [7, 11) is 2.19. The summed E-state index contributed by atoms with van der Waals surface area (Å²) in [5.41, 5.74) is 0. The van der Waals surface area contributed by atoms with E-state index < -0.39 is 0 Å². The Labute approximate surface area is 117 Å². The van der Waals surface area contributed by atoms with Gasteiger partial charge in [0.2, 0.25) is 5.91 Å². The van der Waals surface area contributed by atoms with Crippen molar-refractivity contribution in [2.75, 3.05) is 26.7 Å². The zero-order valence-electron chi connectivity index (χ0n) is 12.7. The van der Waals surface area contributed by atoms with Crippen LogP contribution in [0, 0.1) is 0 Å². The Kier molecular flexibility index (Phi) is 5.22. The first-order chi connectivity index (χ1) is 9.09. The molecule has 2 rings (SSSR count). The van der Waals surface area contributed by atoms with Gasteiger partial charge in [-0.2, -0.15) is 0 Å². The number of likely N-dealkylation sites (tertiary alicyclic amines) is 2. The molecular weight excluding hydrogens is 238 g/mol. The summed E-state index contributed by atoms with van der Waals surface area (Å²) < 4.78 is 0. The van der Waals surface area contributed by atoms with E-state index >= 15 is 0 Å². The van der Waals surface area contributed by atoms with Gasteiger partial charge in [0.25, 0.3) is 0 Å². The van der Waals surface area contributed by atoms with E-state index in [0.717, 1.165) is 32.4 Å². The molecule has 0 aromatic heterocycles. The van der Waals surface area contributed by atoms with E-state index in [4.69, 9.17) is 0 Å². The molecule has 2 heterocycles. The van der Waals surface area contributed by atoms with Crippen LogP contribution in [0.2, 0.25) is 0 Å². The standard InChI is InChI=1S/C15H29N3O/c1-12(2)18-11-5-7-14(18)15(19)16-9-8-13-6-4-10-17(13)3/h12-14H,4-11H2,1-3H3,(H,16,19). The molecule has 0 bridgehead atoms. The zero-order chi connectivity index (χ0) is 13.8. The molecule has 0 aromatic carbocycles. The minimum absolute atomic E-state index is 0.112. The van der Waals surface area contributed by atoms with Gasteiger partial charge in [0, 0.05) is 18.6 Å². The normalized spacial score (nSPS) is 29.3. The van der Waals surface area contributed by atoms with E-state index in [-0.39, 0.29) is 11.9 Å². The third-order valence-corrected chi connectivity index (χ3v) is 4.71. The van der Waals surface area contributed by atoms with Gasteiger partial charge < -0.3 is 10.2 Å². The lowest BCUT2D eigenvalue weighted by atomic mass is 10.1. The number of amides is 1. The van der Waals surface area contributed by atoms with Crippen LogP contribution in [0.1, 0.15) is 46.0 Å². The van der Waals surface area contributed by atoms with Gasteiger partial charge in [0.15, 0.2) is 0 Å². The van der Waals surface area contributed by atoms with Gasteiger partial charge in [-0.3, -0.25) is 9.69 Å². The van der Waals surface area contributed by atoms with Crippen molar-refractivity contribution in [3.63, 3.8) is 0 Å². The summed E-state index contributed by atoms with van der Waals surface area (Å²) in [6.07, 6.45) is 5.86. The molecule has 0 aliphatic carbocycles. The van der Waals surface area contributed by atoms with Crippen LogP contribution in [-0.4, -0.2) is 60.5 Å². The molecule has 0 saturated carbocycles. The van der Waals surface area contributed by atoms with E-state index in [2.05, 4.69) is 36.0 Å². The summed E-state index contributed by atoms with van der Waals surface area (Å²) in [4.78, 5) is 17.0. The van der Waals surface area contributed by atoms with Gasteiger partial charge >= 0.3 is 0 Å². The van der Waals surface area contributed by atoms with E-state index in [1.165, 1.54) is 19.4 Å². The van der Waals surface area contributed by atoms with Crippen molar-refractivity contribution in [2.24, 2.45) is 0 Å². The zero-order valence-corrected chi connectivity index (χ0v) is 12.7. The van der Waals surface area contributed by atoms with E-state index in [1.807, 2.05) is 0 Å². The molecule has 0 radical (unpaired) electrons. The van der Waals surface area contributed by atoms with Gasteiger partial charge in [-0.15, -0.1) is 0 Å². The Balaban J connectivity index is 1.72. The van der Waals surface area contributed by atoms with Gasteiger partial charge in [-0.25, -0.2) is 0 Å². The van der Waals surface area contributed by atoms with Crippen LogP contribution in [0.3, 0.4) is 0 Å². The molecule has 1 N–H and O–H groups in total. The SMILES string of the molecule is CC(C)N1CCCC1C(=O)NCCC1CCCN1C. The quantitative estimate of drug-likeness (QED) is 0.819. The summed E-state index contributed by atoms with van der Waals surface area (Å²) >= 11 is 0. The molecule has 2 aliphatic rings. The minimum Gasteiger partial charge on any atom is -0.355 e. The largest absolute Gasteiger partial charge is 0.355 e. The van der Waals surface area contributed by atoms with Crippen molar-refractivity contribution >= 4 is 5.91 Å². The van der Waals surface area contributed by atoms with Crippen LogP contribution in [0.5, 0.6) is 0 Å². The Morgan fingerprint density at radius 1 is 1.26 bits per heavy atom. The van der Waals surface area contributed by atoms with E-state index in [0.29, 0.717) is 12.1 Å². The maximum absolute atomic E-state index is 12.2. The number of carbonyl (C=O) groups excluding carboxylic acids is 1. The average molecular weight is 267 g/mol. The molecule has 19 heavy (non-hydrogen) atoms. The summed E-state index contributed by atoms with van der Waals surface area (Å²) in [5, 5.41) is 3.15. The Morgan fingerprint density at radius 3 is 2.63 bits per heavy atom. The second-order valence-corrected chi connectivity index (χ2v) is 6.35. The molecule has 2 unspecified atom stereocenters. The maximum atomic E-state index is 12.2. The van der Waals surface area contributed by atoms with Crippen molar-refractivity contribution in [3.8, 4) is 0 Å². The van der Waals surface area contributed by atoms with Crippen LogP contribution in [0.25, 0.3) is 0 Å². The predicted molar refractivity (Wildman–Crippen MR) is 78.1 cm³/mol. The lowest BCUT2D eigenvalue weighted by molar-refractivity contribution is -0.126. The fraction of sp³-hybridized carbons (Fsp3) is 0.933. The topological polar surface area (TPSA) is 35.6 Å². The van der Waals surface area contributed by atoms with Crippen molar-refractivity contribution in [2.45, 2.75) is 64.1 Å². The highest BCUT2D eigenvalue weighted by molar-refractivity contribution is 5.82. The van der Waals surface area contributed by atoms with Crippen molar-refractivity contribution < 1.29 is 4.79 Å². The predicted octanol–water partition coefficient (Wildman–Crippen LogP) is 1.46. The highest BCUT2D eigenvalue weighted by Crippen LogP contribution is 2.20. The van der Waals surface area contributed by atoms with Crippen LogP contribution >= 0.6 is 0 Å². The molecule has 2 atom stereocenters. The highest BCUT2D eigenvalue weighted by atomic mass is 16.2. The number of nitrogens with one attached hydrogen (secondary N) is 1. The number of hydrogen-bond donors (Lipinski definition) is 1. The van der Waals surface area contributed by atoms with Crippen LogP contribution < -0.4 is 5.32 Å². The molecule has 0 spiro atoms. The summed E-state index contributed by atoms with van der Waals surface area (Å²) in [6, 6.07) is 1.26. The molecule has 0 aromatic rings.